The van der Waals surface area contributed by atoms with E-state index >= 15 is 0 Å². The molecule has 1 aromatic rings. The van der Waals surface area contributed by atoms with Crippen LogP contribution in [0.5, 0.6) is 0 Å². The molecular formula is C8H6ClF3O2. The molecule has 1 aromatic carbocycles. The van der Waals surface area contributed by atoms with Gasteiger partial charge >= 0.3 is 5.97 Å². The number of carbonyl (C=O) groups is 1. The Balaban J connectivity index is 0.00000169. The van der Waals surface area contributed by atoms with Crippen LogP contribution in [0.1, 0.15) is 15.9 Å². The molecule has 0 saturated heterocycles. The van der Waals surface area contributed by atoms with Gasteiger partial charge in [-0.05, 0) is 18.6 Å². The Morgan fingerprint density at radius 2 is 1.79 bits per heavy atom. The Labute approximate surface area is 83.8 Å². The van der Waals surface area contributed by atoms with Gasteiger partial charge in [-0.15, -0.1) is 12.4 Å². The summed E-state index contributed by atoms with van der Waals surface area (Å²) in [5.41, 5.74) is -0.984. The summed E-state index contributed by atoms with van der Waals surface area (Å²) in [6, 6.07) is 0.641. The van der Waals surface area contributed by atoms with E-state index in [1.54, 1.807) is 0 Å². The summed E-state index contributed by atoms with van der Waals surface area (Å²) < 4.78 is 37.8. The van der Waals surface area contributed by atoms with Gasteiger partial charge in [0.25, 0.3) is 0 Å². The predicted molar refractivity (Wildman–Crippen MR) is 45.3 cm³/mol. The molecule has 0 bridgehead atoms. The van der Waals surface area contributed by atoms with Gasteiger partial charge in [0.15, 0.2) is 17.5 Å². The largest absolute Gasteiger partial charge is 0.478 e. The van der Waals surface area contributed by atoms with Gasteiger partial charge < -0.3 is 5.11 Å². The van der Waals surface area contributed by atoms with Crippen LogP contribution in [0.15, 0.2) is 6.07 Å². The summed E-state index contributed by atoms with van der Waals surface area (Å²) in [6.45, 7) is 1.19. The maximum absolute atomic E-state index is 12.8. The van der Waals surface area contributed by atoms with E-state index in [1.165, 1.54) is 6.92 Å². The molecule has 6 heteroatoms. The number of aryl methyl sites for hydroxylation is 1. The van der Waals surface area contributed by atoms with Gasteiger partial charge in [-0.2, -0.15) is 0 Å². The van der Waals surface area contributed by atoms with Crippen LogP contribution in [0, 0.1) is 24.4 Å². The van der Waals surface area contributed by atoms with Gasteiger partial charge in [-0.25, -0.2) is 18.0 Å². The fourth-order valence-electron chi connectivity index (χ4n) is 0.976. The highest BCUT2D eigenvalue weighted by Crippen LogP contribution is 2.19. The number of rotatable bonds is 1. The first-order valence-corrected chi connectivity index (χ1v) is 3.32. The van der Waals surface area contributed by atoms with E-state index in [0.29, 0.717) is 6.07 Å². The standard InChI is InChI=1S/C8H5F3O2.ClH/c1-3-2-4(9)6(10)7(11)5(3)8(12)13;/h2H,1H3,(H,12,13);1H. The van der Waals surface area contributed by atoms with Crippen molar-refractivity contribution in [3.8, 4) is 0 Å². The van der Waals surface area contributed by atoms with Crippen LogP contribution >= 0.6 is 12.4 Å². The summed E-state index contributed by atoms with van der Waals surface area (Å²) in [4.78, 5) is 10.4. The van der Waals surface area contributed by atoms with E-state index in [0.717, 1.165) is 0 Å². The van der Waals surface area contributed by atoms with Gasteiger partial charge in [0.05, 0.1) is 0 Å². The van der Waals surface area contributed by atoms with Crippen LogP contribution in [-0.2, 0) is 0 Å². The average molecular weight is 227 g/mol. The van der Waals surface area contributed by atoms with Gasteiger partial charge in [0.2, 0.25) is 0 Å². The molecule has 0 unspecified atom stereocenters. The Morgan fingerprint density at radius 1 is 1.29 bits per heavy atom. The summed E-state index contributed by atoms with van der Waals surface area (Å²) in [5, 5.41) is 8.43. The lowest BCUT2D eigenvalue weighted by Gasteiger charge is -2.03. The first-order valence-electron chi connectivity index (χ1n) is 3.32. The molecule has 0 heterocycles. The van der Waals surface area contributed by atoms with Gasteiger partial charge in [0.1, 0.15) is 5.56 Å². The minimum Gasteiger partial charge on any atom is -0.478 e. The van der Waals surface area contributed by atoms with Crippen molar-refractivity contribution in [3.05, 3.63) is 34.6 Å². The van der Waals surface area contributed by atoms with Crippen molar-refractivity contribution in [1.82, 2.24) is 0 Å². The molecule has 1 N–H and O–H groups in total. The first-order chi connectivity index (χ1) is 5.95. The summed E-state index contributed by atoms with van der Waals surface area (Å²) >= 11 is 0. The first kappa shape index (κ1) is 12.8. The van der Waals surface area contributed by atoms with Crippen LogP contribution in [0.2, 0.25) is 0 Å². The molecule has 0 aliphatic carbocycles. The lowest BCUT2D eigenvalue weighted by molar-refractivity contribution is 0.0689. The van der Waals surface area contributed by atoms with Crippen molar-refractivity contribution in [2.45, 2.75) is 6.92 Å². The Morgan fingerprint density at radius 3 is 2.21 bits per heavy atom. The number of benzene rings is 1. The van der Waals surface area contributed by atoms with Crippen LogP contribution in [-0.4, -0.2) is 11.1 Å². The molecule has 0 spiro atoms. The monoisotopic (exact) mass is 226 g/mol. The highest BCUT2D eigenvalue weighted by Gasteiger charge is 2.20. The normalized spacial score (nSPS) is 9.43. The quantitative estimate of drug-likeness (QED) is 0.747. The van der Waals surface area contributed by atoms with Gasteiger partial charge in [0, 0.05) is 0 Å². The van der Waals surface area contributed by atoms with E-state index in [1.807, 2.05) is 0 Å². The minimum atomic E-state index is -1.76. The number of hydrogen-bond acceptors (Lipinski definition) is 1. The number of aromatic carboxylic acids is 1. The maximum atomic E-state index is 12.8. The minimum absolute atomic E-state index is 0. The van der Waals surface area contributed by atoms with E-state index < -0.39 is 29.0 Å². The summed E-state index contributed by atoms with van der Waals surface area (Å²) in [7, 11) is 0. The molecule has 14 heavy (non-hydrogen) atoms. The number of halogens is 4. The fourth-order valence-corrected chi connectivity index (χ4v) is 0.976. The van der Waals surface area contributed by atoms with Crippen LogP contribution in [0.25, 0.3) is 0 Å². The predicted octanol–water partition coefficient (Wildman–Crippen LogP) is 2.53. The number of carboxylic acid groups (broad SMARTS) is 1. The fraction of sp³-hybridized carbons (Fsp3) is 0.125. The molecule has 0 saturated carbocycles. The second-order valence-corrected chi connectivity index (χ2v) is 2.48. The van der Waals surface area contributed by atoms with Crippen molar-refractivity contribution in [2.75, 3.05) is 0 Å². The molecule has 0 amide bonds. The van der Waals surface area contributed by atoms with Gasteiger partial charge in [-0.3, -0.25) is 0 Å². The maximum Gasteiger partial charge on any atom is 0.339 e. The zero-order valence-corrected chi connectivity index (χ0v) is 7.79. The molecule has 0 aliphatic rings. The molecule has 0 aliphatic heterocycles. The Hall–Kier alpha value is -1.23. The van der Waals surface area contributed by atoms with Crippen molar-refractivity contribution >= 4 is 18.4 Å². The summed E-state index contributed by atoms with van der Waals surface area (Å²) in [5.74, 6) is -6.43. The molecule has 78 valence electrons. The van der Waals surface area contributed by atoms with E-state index in [4.69, 9.17) is 5.11 Å². The molecule has 1 rings (SSSR count). The van der Waals surface area contributed by atoms with Gasteiger partial charge in [-0.1, -0.05) is 0 Å². The summed E-state index contributed by atoms with van der Waals surface area (Å²) in [6.07, 6.45) is 0. The number of hydrogen-bond donors (Lipinski definition) is 1. The average Bonchev–Trinajstić information content (AvgIpc) is 1.99. The van der Waals surface area contributed by atoms with Crippen LogP contribution in [0.3, 0.4) is 0 Å². The van der Waals surface area contributed by atoms with Crippen molar-refractivity contribution in [3.63, 3.8) is 0 Å². The smallest absolute Gasteiger partial charge is 0.339 e. The lowest BCUT2D eigenvalue weighted by atomic mass is 10.1. The second-order valence-electron chi connectivity index (χ2n) is 2.48. The topological polar surface area (TPSA) is 37.3 Å². The third kappa shape index (κ3) is 1.98. The van der Waals surface area contributed by atoms with Crippen LogP contribution in [0.4, 0.5) is 13.2 Å². The molecule has 0 radical (unpaired) electrons. The van der Waals surface area contributed by atoms with E-state index in [-0.39, 0.29) is 18.0 Å². The highest BCUT2D eigenvalue weighted by molar-refractivity contribution is 5.89. The molecule has 0 aromatic heterocycles. The van der Waals surface area contributed by atoms with Crippen molar-refractivity contribution < 1.29 is 23.1 Å². The van der Waals surface area contributed by atoms with E-state index in [9.17, 15) is 18.0 Å². The molecule has 2 nitrogen and oxygen atoms in total. The molecule has 0 atom stereocenters. The SMILES string of the molecule is Cc1cc(F)c(F)c(F)c1C(=O)O.Cl. The van der Waals surface area contributed by atoms with Crippen molar-refractivity contribution in [2.24, 2.45) is 0 Å². The Bertz CT molecular complexity index is 379. The Kier molecular flexibility index (Phi) is 3.94. The van der Waals surface area contributed by atoms with Crippen molar-refractivity contribution in [1.29, 1.82) is 0 Å². The molecular weight excluding hydrogens is 221 g/mol. The second kappa shape index (κ2) is 4.32. The lowest BCUT2D eigenvalue weighted by Crippen LogP contribution is -2.07. The zero-order chi connectivity index (χ0) is 10.2. The van der Waals surface area contributed by atoms with Crippen LogP contribution < -0.4 is 0 Å². The third-order valence-corrected chi connectivity index (χ3v) is 1.57. The third-order valence-electron chi connectivity index (χ3n) is 1.57. The zero-order valence-electron chi connectivity index (χ0n) is 6.97. The highest BCUT2D eigenvalue weighted by atomic mass is 35.5. The molecule has 0 fully saturated rings. The number of carboxylic acids is 1. The van der Waals surface area contributed by atoms with E-state index in [2.05, 4.69) is 0 Å².